The Morgan fingerprint density at radius 2 is 1.90 bits per heavy atom. The molecule has 0 aliphatic carbocycles. The molecule has 0 saturated heterocycles. The van der Waals surface area contributed by atoms with E-state index >= 15 is 0 Å². The first-order chi connectivity index (χ1) is 19.4. The molecular weight excluding hydrogens is 563 g/mol. The number of hydrogen-bond acceptors (Lipinski definition) is 7. The zero-order valence-electron chi connectivity index (χ0n) is 20.9. The molecule has 1 unspecified atom stereocenters. The molecule has 0 bridgehead atoms. The van der Waals surface area contributed by atoms with E-state index in [0.717, 1.165) is 12.1 Å². The molecule has 9 nitrogen and oxygen atoms in total. The van der Waals surface area contributed by atoms with E-state index in [0.29, 0.717) is 22.9 Å². The number of hydrogen-bond donors (Lipinski definition) is 2. The SMILES string of the molecule is CC(Nc1ccc(Cl)nc1C(=O)O)c1cc(C(F)(F)F)cc2c(=O)cc(-c3cnn(-c4ccc(C#N)cc4)c3)oc12. The van der Waals surface area contributed by atoms with Gasteiger partial charge >= 0.3 is 12.1 Å². The number of alkyl halides is 3. The quantitative estimate of drug-likeness (QED) is 0.219. The summed E-state index contributed by atoms with van der Waals surface area (Å²) in [6, 6.07) is 12.9. The van der Waals surface area contributed by atoms with E-state index in [9.17, 15) is 27.9 Å². The van der Waals surface area contributed by atoms with E-state index in [1.54, 1.807) is 30.5 Å². The van der Waals surface area contributed by atoms with Gasteiger partial charge in [-0.05, 0) is 55.5 Å². The van der Waals surface area contributed by atoms with Crippen molar-refractivity contribution in [3.63, 3.8) is 0 Å². The maximum absolute atomic E-state index is 13.8. The van der Waals surface area contributed by atoms with Crippen molar-refractivity contribution in [2.45, 2.75) is 19.1 Å². The van der Waals surface area contributed by atoms with Gasteiger partial charge < -0.3 is 14.8 Å². The number of nitrogens with zero attached hydrogens (tertiary/aromatic N) is 4. The van der Waals surface area contributed by atoms with Crippen molar-refractivity contribution >= 4 is 34.2 Å². The number of nitriles is 1. The molecule has 206 valence electrons. The van der Waals surface area contributed by atoms with E-state index in [-0.39, 0.29) is 33.1 Å². The highest BCUT2D eigenvalue weighted by atomic mass is 35.5. The second-order valence-corrected chi connectivity index (χ2v) is 9.34. The highest BCUT2D eigenvalue weighted by Gasteiger charge is 2.33. The summed E-state index contributed by atoms with van der Waals surface area (Å²) in [5.41, 5.74) is -0.932. The molecule has 1 atom stereocenters. The third-order valence-electron chi connectivity index (χ3n) is 6.22. The normalized spacial score (nSPS) is 12.2. The number of anilines is 1. The summed E-state index contributed by atoms with van der Waals surface area (Å²) >= 11 is 5.81. The van der Waals surface area contributed by atoms with Gasteiger partial charge in [0.25, 0.3) is 0 Å². The van der Waals surface area contributed by atoms with Crippen molar-refractivity contribution in [3.8, 4) is 23.1 Å². The molecule has 13 heteroatoms. The number of aromatic carboxylic acids is 1. The van der Waals surface area contributed by atoms with Crippen LogP contribution in [0.15, 0.2) is 76.2 Å². The molecule has 0 aliphatic rings. The van der Waals surface area contributed by atoms with Crippen molar-refractivity contribution in [2.75, 3.05) is 5.32 Å². The van der Waals surface area contributed by atoms with Crippen LogP contribution in [0.5, 0.6) is 0 Å². The van der Waals surface area contributed by atoms with Crippen LogP contribution in [-0.4, -0.2) is 25.8 Å². The zero-order valence-corrected chi connectivity index (χ0v) is 21.7. The monoisotopic (exact) mass is 579 g/mol. The Morgan fingerprint density at radius 3 is 2.56 bits per heavy atom. The minimum Gasteiger partial charge on any atom is -0.476 e. The molecule has 0 radical (unpaired) electrons. The lowest BCUT2D eigenvalue weighted by Gasteiger charge is -2.20. The van der Waals surface area contributed by atoms with Crippen LogP contribution in [0.2, 0.25) is 5.15 Å². The molecule has 0 saturated carbocycles. The van der Waals surface area contributed by atoms with Gasteiger partial charge in [0.15, 0.2) is 11.1 Å². The highest BCUT2D eigenvalue weighted by Crippen LogP contribution is 2.37. The highest BCUT2D eigenvalue weighted by molar-refractivity contribution is 6.29. The minimum atomic E-state index is -4.77. The van der Waals surface area contributed by atoms with Crippen molar-refractivity contribution in [2.24, 2.45) is 0 Å². The second-order valence-electron chi connectivity index (χ2n) is 8.95. The summed E-state index contributed by atoms with van der Waals surface area (Å²) in [4.78, 5) is 28.6. The van der Waals surface area contributed by atoms with Gasteiger partial charge in [0.05, 0.1) is 51.8 Å². The van der Waals surface area contributed by atoms with Gasteiger partial charge in [-0.1, -0.05) is 11.6 Å². The molecule has 5 aromatic rings. The summed E-state index contributed by atoms with van der Waals surface area (Å²) in [7, 11) is 0. The van der Waals surface area contributed by atoms with E-state index in [1.807, 2.05) is 6.07 Å². The van der Waals surface area contributed by atoms with Crippen molar-refractivity contribution in [1.29, 1.82) is 5.26 Å². The fraction of sp³-hybridized carbons (Fsp3) is 0.107. The number of benzene rings is 2. The molecule has 2 aromatic carbocycles. The molecule has 0 amide bonds. The van der Waals surface area contributed by atoms with Crippen molar-refractivity contribution < 1.29 is 27.5 Å². The molecule has 0 fully saturated rings. The average Bonchev–Trinajstić information content (AvgIpc) is 3.43. The summed E-state index contributed by atoms with van der Waals surface area (Å²) < 4.78 is 48.9. The van der Waals surface area contributed by atoms with E-state index in [4.69, 9.17) is 21.3 Å². The fourth-order valence-corrected chi connectivity index (χ4v) is 4.37. The Kier molecular flexibility index (Phi) is 6.98. The molecular formula is C28H17ClF3N5O4. The number of pyridine rings is 1. The molecule has 0 aliphatic heterocycles. The van der Waals surface area contributed by atoms with E-state index in [2.05, 4.69) is 15.4 Å². The molecule has 41 heavy (non-hydrogen) atoms. The van der Waals surface area contributed by atoms with Gasteiger partial charge in [-0.3, -0.25) is 4.79 Å². The van der Waals surface area contributed by atoms with Gasteiger partial charge in [0, 0.05) is 17.8 Å². The lowest BCUT2D eigenvalue weighted by molar-refractivity contribution is -0.137. The minimum absolute atomic E-state index is 0.00200. The lowest BCUT2D eigenvalue weighted by atomic mass is 9.99. The number of carboxylic acids is 1. The number of fused-ring (bicyclic) bond motifs is 1. The standard InChI is InChI=1S/C28H17ClF3N5O4/c1-14(35-21-6-7-24(29)36-25(21)27(39)40)19-8-17(28(30,31)32)9-20-22(38)10-23(41-26(19)20)16-12-34-37(13-16)18-4-2-15(11-33)3-5-18/h2-10,12-14,35H,1H3,(H,39,40). The van der Waals surface area contributed by atoms with Crippen molar-refractivity contribution in [1.82, 2.24) is 14.8 Å². The Balaban J connectivity index is 1.62. The Labute approximate surface area is 234 Å². The summed E-state index contributed by atoms with van der Waals surface area (Å²) in [6.45, 7) is 1.49. The molecule has 0 spiro atoms. The molecule has 3 aromatic heterocycles. The van der Waals surface area contributed by atoms with Gasteiger partial charge in [-0.25, -0.2) is 14.5 Å². The van der Waals surface area contributed by atoms with Crippen LogP contribution in [0.25, 0.3) is 28.0 Å². The third kappa shape index (κ3) is 5.48. The summed E-state index contributed by atoms with van der Waals surface area (Å²) in [6.07, 6.45) is -1.79. The molecule has 3 heterocycles. The Bertz CT molecular complexity index is 1910. The number of carbonyl (C=O) groups is 1. The van der Waals surface area contributed by atoms with Crippen LogP contribution in [0.4, 0.5) is 18.9 Å². The third-order valence-corrected chi connectivity index (χ3v) is 6.43. The number of aromatic nitrogens is 3. The summed E-state index contributed by atoms with van der Waals surface area (Å²) in [5.74, 6) is -1.35. The molecule has 2 N–H and O–H groups in total. The van der Waals surface area contributed by atoms with Crippen LogP contribution in [0.3, 0.4) is 0 Å². The van der Waals surface area contributed by atoms with Crippen LogP contribution >= 0.6 is 11.6 Å². The topological polar surface area (TPSA) is 134 Å². The predicted octanol–water partition coefficient (Wildman–Crippen LogP) is 6.46. The Hall–Kier alpha value is -5.15. The van der Waals surface area contributed by atoms with E-state index < -0.39 is 34.9 Å². The summed E-state index contributed by atoms with van der Waals surface area (Å²) in [5, 5.41) is 25.2. The van der Waals surface area contributed by atoms with Crippen LogP contribution in [-0.2, 0) is 6.18 Å². The first-order valence-corrected chi connectivity index (χ1v) is 12.2. The first kappa shape index (κ1) is 27.4. The number of carboxylic acid groups (broad SMARTS) is 1. The van der Waals surface area contributed by atoms with Crippen LogP contribution < -0.4 is 10.7 Å². The predicted molar refractivity (Wildman–Crippen MR) is 143 cm³/mol. The number of halogens is 4. The van der Waals surface area contributed by atoms with Crippen molar-refractivity contribution in [3.05, 3.63) is 105 Å². The van der Waals surface area contributed by atoms with Gasteiger partial charge in [0.1, 0.15) is 16.5 Å². The maximum atomic E-state index is 13.8. The van der Waals surface area contributed by atoms with Crippen LogP contribution in [0.1, 0.15) is 40.1 Å². The molecule has 5 rings (SSSR count). The largest absolute Gasteiger partial charge is 0.476 e. The smallest absolute Gasteiger partial charge is 0.416 e. The van der Waals surface area contributed by atoms with E-state index in [1.165, 1.54) is 29.9 Å². The maximum Gasteiger partial charge on any atom is 0.416 e. The lowest BCUT2D eigenvalue weighted by Crippen LogP contribution is -2.15. The van der Waals surface area contributed by atoms with Gasteiger partial charge in [0.2, 0.25) is 0 Å². The number of nitrogens with one attached hydrogen (secondary N) is 1. The second kappa shape index (κ2) is 10.4. The van der Waals surface area contributed by atoms with Gasteiger partial charge in [-0.2, -0.15) is 23.5 Å². The average molecular weight is 580 g/mol. The van der Waals surface area contributed by atoms with Crippen LogP contribution in [0, 0.1) is 11.3 Å². The zero-order chi connectivity index (χ0) is 29.5. The number of rotatable bonds is 6. The first-order valence-electron chi connectivity index (χ1n) is 11.9. The fourth-order valence-electron chi connectivity index (χ4n) is 4.22. The van der Waals surface area contributed by atoms with Gasteiger partial charge in [-0.15, -0.1) is 0 Å². The Morgan fingerprint density at radius 1 is 1.17 bits per heavy atom.